The number of nitrogens with zero attached hydrogens (tertiary/aromatic N) is 3. The highest BCUT2D eigenvalue weighted by atomic mass is 16.6. The molecule has 1 amide bonds. The molecule has 1 aliphatic heterocycles. The predicted molar refractivity (Wildman–Crippen MR) is 90.3 cm³/mol. The van der Waals surface area contributed by atoms with Crippen LogP contribution in [-0.4, -0.2) is 51.8 Å². The van der Waals surface area contributed by atoms with E-state index in [4.69, 9.17) is 9.47 Å². The Morgan fingerprint density at radius 3 is 2.75 bits per heavy atom. The molecule has 0 aromatic carbocycles. The molecule has 24 heavy (non-hydrogen) atoms. The molecule has 1 aromatic rings. The molecule has 0 radical (unpaired) electrons. The molecule has 2 fully saturated rings. The van der Waals surface area contributed by atoms with Crippen LogP contribution in [0.1, 0.15) is 45.6 Å². The number of hydrogen-bond acceptors (Lipinski definition) is 6. The fourth-order valence-electron chi connectivity index (χ4n) is 2.51. The van der Waals surface area contributed by atoms with E-state index in [-0.39, 0.29) is 12.1 Å². The SMILES string of the molecule is Cc1cnc(NC2CCN(C(=O)OC(C)(C)C)C2)nc1OC1CC1. The van der Waals surface area contributed by atoms with Gasteiger partial charge in [-0.3, -0.25) is 0 Å². The molecular formula is C17H26N4O3. The highest BCUT2D eigenvalue weighted by Gasteiger charge is 2.30. The lowest BCUT2D eigenvalue weighted by atomic mass is 10.2. The Bertz CT molecular complexity index is 610. The fourth-order valence-corrected chi connectivity index (χ4v) is 2.51. The van der Waals surface area contributed by atoms with E-state index in [1.807, 2.05) is 27.7 Å². The Morgan fingerprint density at radius 2 is 2.08 bits per heavy atom. The second kappa shape index (κ2) is 6.45. The number of aryl methyl sites for hydroxylation is 1. The summed E-state index contributed by atoms with van der Waals surface area (Å²) in [5.41, 5.74) is 0.465. The monoisotopic (exact) mass is 334 g/mol. The van der Waals surface area contributed by atoms with Crippen molar-refractivity contribution in [2.24, 2.45) is 0 Å². The standard InChI is InChI=1S/C17H26N4O3/c1-11-9-18-15(20-14(11)23-13-5-6-13)19-12-7-8-21(10-12)16(22)24-17(2,3)4/h9,12-13H,5-8,10H2,1-4H3,(H,18,19,20). The van der Waals surface area contributed by atoms with E-state index in [0.29, 0.717) is 31.0 Å². The van der Waals surface area contributed by atoms with Gasteiger partial charge in [0, 0.05) is 30.9 Å². The lowest BCUT2D eigenvalue weighted by Gasteiger charge is -2.24. The van der Waals surface area contributed by atoms with Crippen molar-refractivity contribution in [3.8, 4) is 5.88 Å². The zero-order valence-corrected chi connectivity index (χ0v) is 14.8. The van der Waals surface area contributed by atoms with Gasteiger partial charge in [0.15, 0.2) is 0 Å². The number of aromatic nitrogens is 2. The summed E-state index contributed by atoms with van der Waals surface area (Å²) in [6, 6.07) is 0.119. The molecule has 0 spiro atoms. The summed E-state index contributed by atoms with van der Waals surface area (Å²) in [5, 5.41) is 3.30. The summed E-state index contributed by atoms with van der Waals surface area (Å²) in [6.07, 6.45) is 4.84. The Morgan fingerprint density at radius 1 is 1.33 bits per heavy atom. The van der Waals surface area contributed by atoms with Crippen LogP contribution in [0.5, 0.6) is 5.88 Å². The number of likely N-dealkylation sites (tertiary alicyclic amines) is 1. The van der Waals surface area contributed by atoms with E-state index >= 15 is 0 Å². The maximum absolute atomic E-state index is 12.1. The zero-order valence-electron chi connectivity index (χ0n) is 14.8. The third kappa shape index (κ3) is 4.49. The van der Waals surface area contributed by atoms with Gasteiger partial charge in [0.05, 0.1) is 0 Å². The van der Waals surface area contributed by atoms with Crippen molar-refractivity contribution in [1.29, 1.82) is 0 Å². The molecule has 1 atom stereocenters. The lowest BCUT2D eigenvalue weighted by molar-refractivity contribution is 0.0293. The van der Waals surface area contributed by atoms with Crippen LogP contribution in [0.15, 0.2) is 6.20 Å². The minimum atomic E-state index is -0.474. The van der Waals surface area contributed by atoms with E-state index < -0.39 is 5.60 Å². The number of ether oxygens (including phenoxy) is 2. The summed E-state index contributed by atoms with van der Waals surface area (Å²) in [7, 11) is 0. The number of amides is 1. The van der Waals surface area contributed by atoms with E-state index in [2.05, 4.69) is 15.3 Å². The molecule has 1 N–H and O–H groups in total. The normalized spacial score (nSPS) is 20.8. The molecule has 3 rings (SSSR count). The maximum Gasteiger partial charge on any atom is 0.410 e. The Hall–Kier alpha value is -2.05. The third-order valence-electron chi connectivity index (χ3n) is 3.90. The molecule has 1 saturated carbocycles. The van der Waals surface area contributed by atoms with Gasteiger partial charge in [-0.25, -0.2) is 9.78 Å². The van der Waals surface area contributed by atoms with E-state index in [0.717, 1.165) is 24.8 Å². The Kier molecular flexibility index (Phi) is 4.51. The largest absolute Gasteiger partial charge is 0.474 e. The topological polar surface area (TPSA) is 76.6 Å². The Balaban J connectivity index is 1.56. The summed E-state index contributed by atoms with van der Waals surface area (Å²) in [4.78, 5) is 22.6. The average Bonchev–Trinajstić information content (AvgIpc) is 3.16. The smallest absolute Gasteiger partial charge is 0.410 e. The van der Waals surface area contributed by atoms with Crippen LogP contribution >= 0.6 is 0 Å². The number of anilines is 1. The van der Waals surface area contributed by atoms with Crippen molar-refractivity contribution in [1.82, 2.24) is 14.9 Å². The summed E-state index contributed by atoms with van der Waals surface area (Å²) < 4.78 is 11.2. The molecule has 0 bridgehead atoms. The quantitative estimate of drug-likeness (QED) is 0.912. The molecule has 1 saturated heterocycles. The molecular weight excluding hydrogens is 308 g/mol. The molecule has 7 nitrogen and oxygen atoms in total. The van der Waals surface area contributed by atoms with Crippen molar-refractivity contribution in [3.63, 3.8) is 0 Å². The number of rotatable bonds is 4. The van der Waals surface area contributed by atoms with Gasteiger partial charge in [-0.2, -0.15) is 4.98 Å². The van der Waals surface area contributed by atoms with Gasteiger partial charge in [0.1, 0.15) is 11.7 Å². The first-order chi connectivity index (χ1) is 11.3. The number of carbonyl (C=O) groups excluding carboxylic acids is 1. The Labute approximate surface area is 142 Å². The van der Waals surface area contributed by atoms with Crippen molar-refractivity contribution in [3.05, 3.63) is 11.8 Å². The van der Waals surface area contributed by atoms with Crippen LogP contribution in [0.25, 0.3) is 0 Å². The first-order valence-electron chi connectivity index (χ1n) is 8.55. The van der Waals surface area contributed by atoms with Crippen LogP contribution in [0.4, 0.5) is 10.7 Å². The molecule has 1 aromatic heterocycles. The van der Waals surface area contributed by atoms with Gasteiger partial charge in [0.25, 0.3) is 0 Å². The minimum absolute atomic E-state index is 0.119. The summed E-state index contributed by atoms with van der Waals surface area (Å²) >= 11 is 0. The first kappa shape index (κ1) is 16.8. The molecule has 7 heteroatoms. The van der Waals surface area contributed by atoms with Gasteiger partial charge in [-0.15, -0.1) is 0 Å². The van der Waals surface area contributed by atoms with E-state index in [1.54, 1.807) is 11.1 Å². The third-order valence-corrected chi connectivity index (χ3v) is 3.90. The number of carbonyl (C=O) groups is 1. The average molecular weight is 334 g/mol. The van der Waals surface area contributed by atoms with Crippen molar-refractivity contribution in [2.75, 3.05) is 18.4 Å². The summed E-state index contributed by atoms with van der Waals surface area (Å²) in [5.74, 6) is 1.20. The van der Waals surface area contributed by atoms with Crippen LogP contribution in [0.3, 0.4) is 0 Å². The minimum Gasteiger partial charge on any atom is -0.474 e. The number of nitrogens with one attached hydrogen (secondary N) is 1. The highest BCUT2D eigenvalue weighted by Crippen LogP contribution is 2.28. The van der Waals surface area contributed by atoms with Crippen LogP contribution in [0, 0.1) is 6.92 Å². The van der Waals surface area contributed by atoms with Crippen molar-refractivity contribution < 1.29 is 14.3 Å². The second-order valence-electron chi connectivity index (χ2n) is 7.56. The van der Waals surface area contributed by atoms with Crippen LogP contribution < -0.4 is 10.1 Å². The van der Waals surface area contributed by atoms with Crippen molar-refractivity contribution in [2.45, 2.75) is 64.7 Å². The van der Waals surface area contributed by atoms with Gasteiger partial charge >= 0.3 is 6.09 Å². The molecule has 2 aliphatic rings. The molecule has 2 heterocycles. The predicted octanol–water partition coefficient (Wildman–Crippen LogP) is 2.75. The fraction of sp³-hybridized carbons (Fsp3) is 0.706. The van der Waals surface area contributed by atoms with Crippen LogP contribution in [0.2, 0.25) is 0 Å². The van der Waals surface area contributed by atoms with Crippen LogP contribution in [-0.2, 0) is 4.74 Å². The summed E-state index contributed by atoms with van der Waals surface area (Å²) in [6.45, 7) is 8.82. The lowest BCUT2D eigenvalue weighted by Crippen LogP contribution is -2.36. The molecule has 1 unspecified atom stereocenters. The van der Waals surface area contributed by atoms with E-state index in [9.17, 15) is 4.79 Å². The van der Waals surface area contributed by atoms with Crippen molar-refractivity contribution >= 4 is 12.0 Å². The van der Waals surface area contributed by atoms with Gasteiger partial charge in [-0.1, -0.05) is 0 Å². The van der Waals surface area contributed by atoms with Gasteiger partial charge in [0.2, 0.25) is 11.8 Å². The molecule has 132 valence electrons. The molecule has 1 aliphatic carbocycles. The van der Waals surface area contributed by atoms with E-state index in [1.165, 1.54) is 0 Å². The zero-order chi connectivity index (χ0) is 17.3. The maximum atomic E-state index is 12.1. The second-order valence-corrected chi connectivity index (χ2v) is 7.56. The first-order valence-corrected chi connectivity index (χ1v) is 8.55. The number of hydrogen-bond donors (Lipinski definition) is 1. The van der Waals surface area contributed by atoms with Gasteiger partial charge in [-0.05, 0) is 47.0 Å². The van der Waals surface area contributed by atoms with Gasteiger partial charge < -0.3 is 19.7 Å². The highest BCUT2D eigenvalue weighted by molar-refractivity contribution is 5.68.